The molecule has 2 aromatic carbocycles. The highest BCUT2D eigenvalue weighted by Crippen LogP contribution is 2.29. The first-order valence-corrected chi connectivity index (χ1v) is 10.7. The first-order chi connectivity index (χ1) is 13.6. The number of benzene rings is 2. The van der Waals surface area contributed by atoms with Gasteiger partial charge in [-0.3, -0.25) is 9.10 Å². The predicted molar refractivity (Wildman–Crippen MR) is 109 cm³/mol. The molecule has 158 valence electrons. The number of halogens is 1. The number of ether oxygens (including phenoxy) is 2. The quantitative estimate of drug-likeness (QED) is 0.704. The summed E-state index contributed by atoms with van der Waals surface area (Å²) >= 11 is 0. The van der Waals surface area contributed by atoms with Crippen LogP contribution in [0.1, 0.15) is 25.5 Å². The Balaban J connectivity index is 2.29. The summed E-state index contributed by atoms with van der Waals surface area (Å²) in [6, 6.07) is 8.57. The lowest BCUT2D eigenvalue weighted by Crippen LogP contribution is -2.48. The average Bonchev–Trinajstić information content (AvgIpc) is 2.67. The zero-order chi connectivity index (χ0) is 21.8. The van der Waals surface area contributed by atoms with Crippen LogP contribution in [-0.2, 0) is 14.8 Å². The Kier molecular flexibility index (Phi) is 7.07. The fourth-order valence-electron chi connectivity index (χ4n) is 2.99. The number of carbonyl (C=O) groups is 1. The van der Waals surface area contributed by atoms with Crippen LogP contribution in [0.5, 0.6) is 11.5 Å². The van der Waals surface area contributed by atoms with Crippen molar-refractivity contribution in [3.8, 4) is 11.5 Å². The van der Waals surface area contributed by atoms with E-state index in [0.717, 1.165) is 22.7 Å². The highest BCUT2D eigenvalue weighted by Gasteiger charge is 2.30. The molecule has 1 N–H and O–H groups in total. The Hall–Kier alpha value is -2.81. The van der Waals surface area contributed by atoms with Crippen molar-refractivity contribution in [1.82, 2.24) is 5.32 Å². The van der Waals surface area contributed by atoms with E-state index in [-0.39, 0.29) is 5.69 Å². The Labute approximate surface area is 170 Å². The summed E-state index contributed by atoms with van der Waals surface area (Å²) in [5, 5.41) is 2.80. The van der Waals surface area contributed by atoms with Gasteiger partial charge in [0.05, 0.1) is 32.2 Å². The smallest absolute Gasteiger partial charge is 0.244 e. The Morgan fingerprint density at radius 1 is 1.07 bits per heavy atom. The molecule has 0 radical (unpaired) electrons. The van der Waals surface area contributed by atoms with Gasteiger partial charge in [0, 0.05) is 5.56 Å². The first-order valence-electron chi connectivity index (χ1n) is 8.85. The van der Waals surface area contributed by atoms with Gasteiger partial charge < -0.3 is 14.8 Å². The van der Waals surface area contributed by atoms with Crippen LogP contribution in [0.15, 0.2) is 42.5 Å². The molecule has 9 heteroatoms. The van der Waals surface area contributed by atoms with Crippen LogP contribution in [0, 0.1) is 5.82 Å². The van der Waals surface area contributed by atoms with E-state index in [1.165, 1.54) is 33.3 Å². The lowest BCUT2D eigenvalue weighted by Gasteiger charge is -2.29. The largest absolute Gasteiger partial charge is 0.497 e. The average molecular weight is 424 g/mol. The van der Waals surface area contributed by atoms with Gasteiger partial charge in [0.1, 0.15) is 23.4 Å². The third kappa shape index (κ3) is 5.38. The van der Waals surface area contributed by atoms with Crippen molar-refractivity contribution in [3.63, 3.8) is 0 Å². The topological polar surface area (TPSA) is 84.9 Å². The highest BCUT2D eigenvalue weighted by atomic mass is 32.2. The molecule has 1 amide bonds. The fourth-order valence-corrected chi connectivity index (χ4v) is 4.16. The van der Waals surface area contributed by atoms with Gasteiger partial charge >= 0.3 is 0 Å². The zero-order valence-corrected chi connectivity index (χ0v) is 17.8. The minimum Gasteiger partial charge on any atom is -0.497 e. The number of rotatable bonds is 8. The predicted octanol–water partition coefficient (Wildman–Crippen LogP) is 2.87. The number of amides is 1. The van der Waals surface area contributed by atoms with Crippen LogP contribution in [-0.4, -0.2) is 40.8 Å². The number of carbonyl (C=O) groups excluding carboxylic acids is 1. The summed E-state index contributed by atoms with van der Waals surface area (Å²) in [5.41, 5.74) is 0.878. The van der Waals surface area contributed by atoms with Crippen LogP contribution in [0.2, 0.25) is 0 Å². The molecule has 0 fully saturated rings. The second-order valence-corrected chi connectivity index (χ2v) is 8.41. The fraction of sp³-hybridized carbons (Fsp3) is 0.350. The van der Waals surface area contributed by atoms with Crippen molar-refractivity contribution < 1.29 is 27.1 Å². The normalized spacial score (nSPS) is 13.3. The molecule has 2 rings (SSSR count). The first kappa shape index (κ1) is 22.5. The second kappa shape index (κ2) is 9.13. The summed E-state index contributed by atoms with van der Waals surface area (Å²) < 4.78 is 49.4. The van der Waals surface area contributed by atoms with Crippen molar-refractivity contribution in [1.29, 1.82) is 0 Å². The van der Waals surface area contributed by atoms with Gasteiger partial charge in [0.25, 0.3) is 0 Å². The number of hydrogen-bond acceptors (Lipinski definition) is 5. The van der Waals surface area contributed by atoms with Gasteiger partial charge in [-0.25, -0.2) is 12.8 Å². The van der Waals surface area contributed by atoms with Crippen LogP contribution < -0.4 is 19.1 Å². The number of hydrogen-bond donors (Lipinski definition) is 1. The third-order valence-electron chi connectivity index (χ3n) is 4.43. The molecule has 2 unspecified atom stereocenters. The van der Waals surface area contributed by atoms with Crippen LogP contribution in [0.3, 0.4) is 0 Å². The standard InChI is InChI=1S/C20H25FN2O5S/c1-13(18-12-17(27-3)10-11-19(18)28-4)22-20(24)14(2)23(29(5,25)26)16-8-6-15(21)7-9-16/h6-14H,1-5H3,(H,22,24). The van der Waals surface area contributed by atoms with E-state index in [9.17, 15) is 17.6 Å². The van der Waals surface area contributed by atoms with Crippen molar-refractivity contribution in [2.24, 2.45) is 0 Å². The number of methoxy groups -OCH3 is 2. The molecule has 0 saturated heterocycles. The van der Waals surface area contributed by atoms with Gasteiger partial charge in [-0.05, 0) is 56.3 Å². The van der Waals surface area contributed by atoms with Crippen molar-refractivity contribution >= 4 is 21.6 Å². The van der Waals surface area contributed by atoms with Gasteiger partial charge in [-0.15, -0.1) is 0 Å². The van der Waals surface area contributed by atoms with Crippen molar-refractivity contribution in [3.05, 3.63) is 53.8 Å². The molecule has 0 heterocycles. The van der Waals surface area contributed by atoms with Gasteiger partial charge in [-0.1, -0.05) is 0 Å². The minimum absolute atomic E-state index is 0.197. The number of nitrogens with zero attached hydrogens (tertiary/aromatic N) is 1. The third-order valence-corrected chi connectivity index (χ3v) is 5.67. The molecule has 2 aromatic rings. The molecule has 0 aliphatic carbocycles. The summed E-state index contributed by atoms with van der Waals surface area (Å²) in [7, 11) is -0.746. The number of anilines is 1. The molecular formula is C20H25FN2O5S. The summed E-state index contributed by atoms with van der Waals surface area (Å²) in [4.78, 5) is 12.8. The summed E-state index contributed by atoms with van der Waals surface area (Å²) in [5.74, 6) is 0.138. The van der Waals surface area contributed by atoms with E-state index in [2.05, 4.69) is 5.32 Å². The maximum absolute atomic E-state index is 13.2. The summed E-state index contributed by atoms with van der Waals surface area (Å²) in [6.07, 6.45) is 0.995. The van der Waals surface area contributed by atoms with E-state index in [1.54, 1.807) is 25.1 Å². The SMILES string of the molecule is COc1ccc(OC)c(C(C)NC(=O)C(C)N(c2ccc(F)cc2)S(C)(=O)=O)c1. The number of sulfonamides is 1. The molecule has 0 aromatic heterocycles. The van der Waals surface area contributed by atoms with Crippen LogP contribution in [0.25, 0.3) is 0 Å². The zero-order valence-electron chi connectivity index (χ0n) is 17.0. The van der Waals surface area contributed by atoms with Crippen molar-refractivity contribution in [2.75, 3.05) is 24.8 Å². The van der Waals surface area contributed by atoms with E-state index < -0.39 is 33.8 Å². The van der Waals surface area contributed by atoms with Gasteiger partial charge in [-0.2, -0.15) is 0 Å². The van der Waals surface area contributed by atoms with Crippen LogP contribution >= 0.6 is 0 Å². The lowest BCUT2D eigenvalue weighted by molar-refractivity contribution is -0.122. The molecule has 0 aliphatic rings. The monoisotopic (exact) mass is 424 g/mol. The molecule has 2 atom stereocenters. The molecule has 0 saturated carbocycles. The van der Waals surface area contributed by atoms with Crippen molar-refractivity contribution in [2.45, 2.75) is 25.9 Å². The minimum atomic E-state index is -3.79. The number of nitrogens with one attached hydrogen (secondary N) is 1. The highest BCUT2D eigenvalue weighted by molar-refractivity contribution is 7.92. The van der Waals surface area contributed by atoms with Crippen LogP contribution in [0.4, 0.5) is 10.1 Å². The maximum atomic E-state index is 13.2. The van der Waals surface area contributed by atoms with E-state index in [0.29, 0.717) is 17.1 Å². The summed E-state index contributed by atoms with van der Waals surface area (Å²) in [6.45, 7) is 3.22. The Morgan fingerprint density at radius 3 is 2.21 bits per heavy atom. The lowest BCUT2D eigenvalue weighted by atomic mass is 10.1. The molecule has 29 heavy (non-hydrogen) atoms. The Morgan fingerprint density at radius 2 is 1.69 bits per heavy atom. The Bertz CT molecular complexity index is 963. The van der Waals surface area contributed by atoms with Gasteiger partial charge in [0.2, 0.25) is 15.9 Å². The van der Waals surface area contributed by atoms with Gasteiger partial charge in [0.15, 0.2) is 0 Å². The molecule has 0 bridgehead atoms. The molecule has 0 aliphatic heterocycles. The molecule has 7 nitrogen and oxygen atoms in total. The van der Waals surface area contributed by atoms with E-state index in [1.807, 2.05) is 0 Å². The maximum Gasteiger partial charge on any atom is 0.244 e. The molecular weight excluding hydrogens is 399 g/mol. The molecule has 0 spiro atoms. The van der Waals surface area contributed by atoms with E-state index in [4.69, 9.17) is 9.47 Å². The second-order valence-electron chi connectivity index (χ2n) is 6.55. The van der Waals surface area contributed by atoms with E-state index >= 15 is 0 Å².